The maximum absolute atomic E-state index is 13.9. The Kier molecular flexibility index (Phi) is 4.54. The molecule has 0 aromatic heterocycles. The van der Waals surface area contributed by atoms with Crippen molar-refractivity contribution in [2.24, 2.45) is 17.8 Å². The highest BCUT2D eigenvalue weighted by Gasteiger charge is 2.50. The zero-order valence-electron chi connectivity index (χ0n) is 15.4. The van der Waals surface area contributed by atoms with Gasteiger partial charge in [-0.15, -0.1) is 0 Å². The number of hydrogen-bond acceptors (Lipinski definition) is 4. The smallest absolute Gasteiger partial charge is 0.102 e. The molecule has 0 N–H and O–H groups in total. The Morgan fingerprint density at radius 1 is 1.04 bits per heavy atom. The van der Waals surface area contributed by atoms with Gasteiger partial charge in [-0.25, -0.2) is 4.39 Å². The molecule has 3 nitrogen and oxygen atoms in total. The Hall–Kier alpha value is -0.260. The molecule has 5 heteroatoms. The number of likely N-dealkylation sites (N-methyl/N-ethyl adjacent to an activating group) is 1. The van der Waals surface area contributed by atoms with Gasteiger partial charge in [-0.1, -0.05) is 0 Å². The first kappa shape index (κ1) is 16.9. The van der Waals surface area contributed by atoms with Crippen LogP contribution >= 0.6 is 11.9 Å². The molecule has 2 bridgehead atoms. The lowest BCUT2D eigenvalue weighted by atomic mass is 9.71. The zero-order chi connectivity index (χ0) is 17.0. The van der Waals surface area contributed by atoms with Gasteiger partial charge >= 0.3 is 0 Å². The first-order chi connectivity index (χ1) is 12.2. The number of piperazine rings is 1. The molecule has 0 aromatic carbocycles. The van der Waals surface area contributed by atoms with Crippen LogP contribution in [-0.4, -0.2) is 71.3 Å². The third-order valence-corrected chi connectivity index (χ3v) is 8.89. The SMILES string of the molecule is CN1CCN(CC2CCC3C4=CN(SC3C2)C2CC(F)CCC42)CC1. The van der Waals surface area contributed by atoms with Gasteiger partial charge in [-0.3, -0.25) is 0 Å². The number of nitrogens with zero attached hydrogens (tertiary/aromatic N) is 3. The second-order valence-electron chi connectivity index (χ2n) is 9.11. The summed E-state index contributed by atoms with van der Waals surface area (Å²) in [6.45, 7) is 6.24. The van der Waals surface area contributed by atoms with Gasteiger partial charge in [0.15, 0.2) is 0 Å². The van der Waals surface area contributed by atoms with E-state index < -0.39 is 6.17 Å². The van der Waals surface area contributed by atoms with Gasteiger partial charge in [0.1, 0.15) is 6.17 Å². The molecule has 0 radical (unpaired) electrons. The Bertz CT molecular complexity index is 533. The van der Waals surface area contributed by atoms with Gasteiger partial charge in [0.25, 0.3) is 0 Å². The summed E-state index contributed by atoms with van der Waals surface area (Å²) in [6, 6.07) is 0.463. The van der Waals surface area contributed by atoms with Gasteiger partial charge < -0.3 is 14.1 Å². The molecule has 6 atom stereocenters. The fraction of sp³-hybridized carbons (Fsp3) is 0.900. The number of rotatable bonds is 2. The van der Waals surface area contributed by atoms with Crippen molar-refractivity contribution >= 4 is 11.9 Å². The molecular formula is C20H32FN3S. The van der Waals surface area contributed by atoms with E-state index in [1.807, 2.05) is 0 Å². The van der Waals surface area contributed by atoms with Crippen LogP contribution in [0.2, 0.25) is 0 Å². The molecule has 0 aromatic rings. The van der Waals surface area contributed by atoms with Gasteiger partial charge in [-0.2, -0.15) is 0 Å². The normalized spacial score (nSPS) is 45.0. The molecule has 2 aliphatic carbocycles. The molecular weight excluding hydrogens is 333 g/mol. The van der Waals surface area contributed by atoms with E-state index in [4.69, 9.17) is 0 Å². The minimum atomic E-state index is -0.567. The summed E-state index contributed by atoms with van der Waals surface area (Å²) in [4.78, 5) is 5.14. The van der Waals surface area contributed by atoms with Crippen molar-refractivity contribution in [1.29, 1.82) is 0 Å². The van der Waals surface area contributed by atoms with Crippen molar-refractivity contribution in [2.75, 3.05) is 39.8 Å². The Labute approximate surface area is 156 Å². The predicted octanol–water partition coefficient (Wildman–Crippen LogP) is 3.39. The number of hydrogen-bond donors (Lipinski definition) is 0. The molecule has 3 fully saturated rings. The van der Waals surface area contributed by atoms with Gasteiger partial charge in [-0.05, 0) is 68.5 Å². The zero-order valence-corrected chi connectivity index (χ0v) is 16.3. The summed E-state index contributed by atoms with van der Waals surface area (Å²) in [6.07, 6.45) is 8.65. The Morgan fingerprint density at radius 2 is 1.84 bits per heavy atom. The van der Waals surface area contributed by atoms with E-state index in [1.165, 1.54) is 52.0 Å². The van der Waals surface area contributed by atoms with E-state index >= 15 is 0 Å². The van der Waals surface area contributed by atoms with Crippen LogP contribution in [0, 0.1) is 17.8 Å². The van der Waals surface area contributed by atoms with Gasteiger partial charge in [0.05, 0.1) is 0 Å². The molecule has 140 valence electrons. The van der Waals surface area contributed by atoms with Crippen molar-refractivity contribution in [3.8, 4) is 0 Å². The minimum absolute atomic E-state index is 0.463. The first-order valence-corrected chi connectivity index (χ1v) is 11.2. The lowest BCUT2D eigenvalue weighted by Gasteiger charge is -2.42. The minimum Gasteiger partial charge on any atom is -0.319 e. The third kappa shape index (κ3) is 3.14. The van der Waals surface area contributed by atoms with Gasteiger partial charge in [0.2, 0.25) is 0 Å². The van der Waals surface area contributed by atoms with Crippen molar-refractivity contribution in [2.45, 2.75) is 56.0 Å². The summed E-state index contributed by atoms with van der Waals surface area (Å²) in [5.74, 6) is 2.33. The molecule has 5 aliphatic rings. The van der Waals surface area contributed by atoms with Crippen LogP contribution in [0.5, 0.6) is 0 Å². The largest absolute Gasteiger partial charge is 0.319 e. The maximum Gasteiger partial charge on any atom is 0.102 e. The summed E-state index contributed by atoms with van der Waals surface area (Å²) in [5, 5.41) is 0.759. The van der Waals surface area contributed by atoms with E-state index in [2.05, 4.69) is 39.3 Å². The molecule has 5 rings (SSSR count). The Morgan fingerprint density at radius 3 is 2.68 bits per heavy atom. The topological polar surface area (TPSA) is 9.72 Å². The van der Waals surface area contributed by atoms with E-state index in [1.54, 1.807) is 5.57 Å². The van der Waals surface area contributed by atoms with Crippen LogP contribution in [0.4, 0.5) is 4.39 Å². The highest BCUT2D eigenvalue weighted by molar-refractivity contribution is 7.97. The van der Waals surface area contributed by atoms with E-state index in [0.717, 1.165) is 36.3 Å². The highest BCUT2D eigenvalue weighted by atomic mass is 32.2. The monoisotopic (exact) mass is 365 g/mol. The lowest BCUT2D eigenvalue weighted by molar-refractivity contribution is 0.121. The molecule has 3 heterocycles. The summed E-state index contributed by atoms with van der Waals surface area (Å²) in [5.41, 5.74) is 1.71. The van der Waals surface area contributed by atoms with Crippen molar-refractivity contribution in [3.05, 3.63) is 11.8 Å². The number of fused-ring (bicyclic) bond motifs is 6. The van der Waals surface area contributed by atoms with Crippen molar-refractivity contribution < 1.29 is 4.39 Å². The van der Waals surface area contributed by atoms with Crippen LogP contribution in [0.25, 0.3) is 0 Å². The quantitative estimate of drug-likeness (QED) is 0.694. The van der Waals surface area contributed by atoms with Crippen LogP contribution in [0.3, 0.4) is 0 Å². The molecule has 6 unspecified atom stereocenters. The second-order valence-corrected chi connectivity index (χ2v) is 10.3. The standard InChI is InChI=1S/C20H32FN3S/c1-22-6-8-23(9-7-22)12-14-2-4-17-18-13-24(25-20(17)10-14)19-11-15(21)3-5-16(18)19/h13-17,19-20H,2-12H2,1H3. The molecule has 0 amide bonds. The van der Waals surface area contributed by atoms with Crippen LogP contribution in [0.1, 0.15) is 38.5 Å². The average molecular weight is 366 g/mol. The molecule has 25 heavy (non-hydrogen) atoms. The summed E-state index contributed by atoms with van der Waals surface area (Å²) < 4.78 is 16.4. The van der Waals surface area contributed by atoms with Crippen LogP contribution < -0.4 is 0 Å². The average Bonchev–Trinajstić information content (AvgIpc) is 2.90. The highest BCUT2D eigenvalue weighted by Crippen LogP contribution is 2.56. The van der Waals surface area contributed by atoms with E-state index in [9.17, 15) is 4.39 Å². The predicted molar refractivity (Wildman–Crippen MR) is 102 cm³/mol. The van der Waals surface area contributed by atoms with Crippen LogP contribution in [0.15, 0.2) is 11.8 Å². The maximum atomic E-state index is 13.9. The second kappa shape index (κ2) is 6.72. The summed E-state index contributed by atoms with van der Waals surface area (Å²) >= 11 is 2.07. The van der Waals surface area contributed by atoms with Crippen molar-refractivity contribution in [1.82, 2.24) is 14.1 Å². The third-order valence-electron chi connectivity index (χ3n) is 7.48. The molecule has 1 saturated heterocycles. The van der Waals surface area contributed by atoms with E-state index in [-0.39, 0.29) is 0 Å². The molecule has 3 aliphatic heterocycles. The molecule has 0 spiro atoms. The Balaban J connectivity index is 1.22. The van der Waals surface area contributed by atoms with Gasteiger partial charge in [0, 0.05) is 62.6 Å². The van der Waals surface area contributed by atoms with Crippen LogP contribution in [-0.2, 0) is 0 Å². The lowest BCUT2D eigenvalue weighted by Crippen LogP contribution is -2.47. The number of alkyl halides is 1. The first-order valence-electron chi connectivity index (χ1n) is 10.4. The fourth-order valence-electron chi connectivity index (χ4n) is 6.01. The number of halogens is 1. The fourth-order valence-corrected chi connectivity index (χ4v) is 7.70. The van der Waals surface area contributed by atoms with Crippen molar-refractivity contribution in [3.63, 3.8) is 0 Å². The van der Waals surface area contributed by atoms with E-state index in [0.29, 0.717) is 12.0 Å². The molecule has 2 saturated carbocycles. The summed E-state index contributed by atoms with van der Waals surface area (Å²) in [7, 11) is 2.24.